The first-order valence-corrected chi connectivity index (χ1v) is 6.12. The van der Waals surface area contributed by atoms with Crippen LogP contribution in [0.1, 0.15) is 33.1 Å². The van der Waals surface area contributed by atoms with Gasteiger partial charge in [-0.1, -0.05) is 26.7 Å². The number of hydrogen-bond donors (Lipinski definition) is 2. The molecule has 0 fully saturated rings. The number of rotatable bonds is 7. The predicted molar refractivity (Wildman–Crippen MR) is 58.2 cm³/mol. The number of thioether (sulfide) groups is 1. The molecule has 1 atom stereocenters. The van der Waals surface area contributed by atoms with Gasteiger partial charge < -0.3 is 0 Å². The summed E-state index contributed by atoms with van der Waals surface area (Å²) < 4.78 is 0. The SMILES string of the molecule is CCC(CC)CC(CSC)NN. The zero-order chi connectivity index (χ0) is 9.40. The van der Waals surface area contributed by atoms with Gasteiger partial charge in [-0.3, -0.25) is 11.3 Å². The molecule has 0 aliphatic carbocycles. The summed E-state index contributed by atoms with van der Waals surface area (Å²) in [6.07, 6.45) is 5.87. The smallest absolute Gasteiger partial charge is 0.0303 e. The summed E-state index contributed by atoms with van der Waals surface area (Å²) in [5.41, 5.74) is 2.88. The summed E-state index contributed by atoms with van der Waals surface area (Å²) in [7, 11) is 0. The second-order valence-corrected chi connectivity index (χ2v) is 4.15. The number of nitrogens with two attached hydrogens (primary N) is 1. The molecule has 12 heavy (non-hydrogen) atoms. The second-order valence-electron chi connectivity index (χ2n) is 3.24. The van der Waals surface area contributed by atoms with E-state index >= 15 is 0 Å². The lowest BCUT2D eigenvalue weighted by Gasteiger charge is -2.20. The van der Waals surface area contributed by atoms with Crippen LogP contribution in [0, 0.1) is 5.92 Å². The molecule has 0 aromatic rings. The van der Waals surface area contributed by atoms with Gasteiger partial charge in [0, 0.05) is 11.8 Å². The van der Waals surface area contributed by atoms with Crippen LogP contribution in [-0.4, -0.2) is 18.1 Å². The summed E-state index contributed by atoms with van der Waals surface area (Å²) in [6, 6.07) is 0.491. The Labute approximate surface area is 80.6 Å². The minimum Gasteiger partial charge on any atom is -0.271 e. The van der Waals surface area contributed by atoms with Gasteiger partial charge in [0.1, 0.15) is 0 Å². The van der Waals surface area contributed by atoms with Crippen LogP contribution >= 0.6 is 11.8 Å². The van der Waals surface area contributed by atoms with E-state index in [4.69, 9.17) is 5.84 Å². The maximum atomic E-state index is 5.45. The van der Waals surface area contributed by atoms with Crippen LogP contribution in [0.25, 0.3) is 0 Å². The van der Waals surface area contributed by atoms with Gasteiger partial charge in [-0.05, 0) is 18.6 Å². The highest BCUT2D eigenvalue weighted by Gasteiger charge is 2.11. The van der Waals surface area contributed by atoms with Crippen molar-refractivity contribution in [2.45, 2.75) is 39.2 Å². The molecular weight excluding hydrogens is 168 g/mol. The lowest BCUT2D eigenvalue weighted by Crippen LogP contribution is -2.38. The molecule has 0 saturated heterocycles. The van der Waals surface area contributed by atoms with Crippen molar-refractivity contribution < 1.29 is 0 Å². The largest absolute Gasteiger partial charge is 0.271 e. The second kappa shape index (κ2) is 7.90. The van der Waals surface area contributed by atoms with E-state index < -0.39 is 0 Å². The van der Waals surface area contributed by atoms with Gasteiger partial charge in [0.25, 0.3) is 0 Å². The van der Waals surface area contributed by atoms with Crippen molar-refractivity contribution in [1.82, 2.24) is 5.43 Å². The Morgan fingerprint density at radius 2 is 1.92 bits per heavy atom. The number of hydrogen-bond acceptors (Lipinski definition) is 3. The molecular formula is C9H22N2S. The third-order valence-electron chi connectivity index (χ3n) is 2.38. The lowest BCUT2D eigenvalue weighted by atomic mass is 9.96. The van der Waals surface area contributed by atoms with Crippen molar-refractivity contribution in [3.8, 4) is 0 Å². The molecule has 74 valence electrons. The molecule has 0 heterocycles. The highest BCUT2D eigenvalue weighted by molar-refractivity contribution is 7.98. The highest BCUT2D eigenvalue weighted by atomic mass is 32.2. The Balaban J connectivity index is 3.65. The van der Waals surface area contributed by atoms with Crippen LogP contribution in [0.2, 0.25) is 0 Å². The molecule has 0 saturated carbocycles. The van der Waals surface area contributed by atoms with Gasteiger partial charge in [-0.2, -0.15) is 11.8 Å². The summed E-state index contributed by atoms with van der Waals surface area (Å²) in [5, 5.41) is 0. The Kier molecular flexibility index (Phi) is 8.07. The number of nitrogens with one attached hydrogen (secondary N) is 1. The minimum absolute atomic E-state index is 0.491. The van der Waals surface area contributed by atoms with Crippen molar-refractivity contribution in [3.63, 3.8) is 0 Å². The van der Waals surface area contributed by atoms with Crippen molar-refractivity contribution in [2.24, 2.45) is 11.8 Å². The molecule has 0 bridgehead atoms. The summed E-state index contributed by atoms with van der Waals surface area (Å²) in [4.78, 5) is 0. The monoisotopic (exact) mass is 190 g/mol. The van der Waals surface area contributed by atoms with Gasteiger partial charge >= 0.3 is 0 Å². The van der Waals surface area contributed by atoms with Gasteiger partial charge in [0.2, 0.25) is 0 Å². The molecule has 0 spiro atoms. The van der Waals surface area contributed by atoms with Crippen LogP contribution in [0.15, 0.2) is 0 Å². The Morgan fingerprint density at radius 1 is 1.33 bits per heavy atom. The molecule has 0 rings (SSSR count). The fraction of sp³-hybridized carbons (Fsp3) is 1.00. The molecule has 0 aliphatic rings. The van der Waals surface area contributed by atoms with E-state index in [-0.39, 0.29) is 0 Å². The van der Waals surface area contributed by atoms with Crippen LogP contribution in [0.4, 0.5) is 0 Å². The van der Waals surface area contributed by atoms with Crippen LogP contribution in [0.3, 0.4) is 0 Å². The van der Waals surface area contributed by atoms with E-state index in [1.165, 1.54) is 19.3 Å². The molecule has 2 nitrogen and oxygen atoms in total. The van der Waals surface area contributed by atoms with E-state index in [2.05, 4.69) is 25.5 Å². The zero-order valence-corrected chi connectivity index (χ0v) is 9.29. The fourth-order valence-corrected chi connectivity index (χ4v) is 2.04. The zero-order valence-electron chi connectivity index (χ0n) is 8.47. The normalized spacial score (nSPS) is 13.8. The van der Waals surface area contributed by atoms with E-state index in [0.717, 1.165) is 11.7 Å². The predicted octanol–water partition coefficient (Wildman–Crippen LogP) is 2.01. The Bertz CT molecular complexity index is 94.5. The van der Waals surface area contributed by atoms with Crippen LogP contribution < -0.4 is 11.3 Å². The van der Waals surface area contributed by atoms with Gasteiger partial charge in [0.05, 0.1) is 0 Å². The van der Waals surface area contributed by atoms with E-state index in [1.807, 2.05) is 11.8 Å². The van der Waals surface area contributed by atoms with Crippen molar-refractivity contribution >= 4 is 11.8 Å². The van der Waals surface area contributed by atoms with Gasteiger partial charge in [-0.15, -0.1) is 0 Å². The number of hydrazine groups is 1. The van der Waals surface area contributed by atoms with Gasteiger partial charge in [0.15, 0.2) is 0 Å². The van der Waals surface area contributed by atoms with E-state index in [0.29, 0.717) is 6.04 Å². The van der Waals surface area contributed by atoms with Crippen molar-refractivity contribution in [1.29, 1.82) is 0 Å². The average molecular weight is 190 g/mol. The van der Waals surface area contributed by atoms with Crippen LogP contribution in [-0.2, 0) is 0 Å². The summed E-state index contributed by atoms with van der Waals surface area (Å²) in [5.74, 6) is 7.40. The minimum atomic E-state index is 0.491. The first kappa shape index (κ1) is 12.3. The molecule has 0 aliphatic heterocycles. The summed E-state index contributed by atoms with van der Waals surface area (Å²) >= 11 is 1.85. The molecule has 3 heteroatoms. The molecule has 3 N–H and O–H groups in total. The fourth-order valence-electron chi connectivity index (χ4n) is 1.41. The van der Waals surface area contributed by atoms with E-state index in [9.17, 15) is 0 Å². The van der Waals surface area contributed by atoms with E-state index in [1.54, 1.807) is 0 Å². The first-order chi connectivity index (χ1) is 5.78. The van der Waals surface area contributed by atoms with Crippen LogP contribution in [0.5, 0.6) is 0 Å². The molecule has 0 amide bonds. The quantitative estimate of drug-likeness (QED) is 0.476. The van der Waals surface area contributed by atoms with Crippen molar-refractivity contribution in [2.75, 3.05) is 12.0 Å². The maximum absolute atomic E-state index is 5.45. The molecule has 0 radical (unpaired) electrons. The summed E-state index contributed by atoms with van der Waals surface area (Å²) in [6.45, 7) is 4.50. The Hall–Kier alpha value is 0.270. The van der Waals surface area contributed by atoms with Gasteiger partial charge in [-0.25, -0.2) is 0 Å². The third-order valence-corrected chi connectivity index (χ3v) is 3.11. The average Bonchev–Trinajstić information content (AvgIpc) is 2.12. The molecule has 0 aromatic heterocycles. The molecule has 1 unspecified atom stereocenters. The Morgan fingerprint density at radius 3 is 2.25 bits per heavy atom. The highest BCUT2D eigenvalue weighted by Crippen LogP contribution is 2.16. The first-order valence-electron chi connectivity index (χ1n) is 4.73. The molecule has 0 aromatic carbocycles. The standard InChI is InChI=1S/C9H22N2S/c1-4-8(5-2)6-9(11-10)7-12-3/h8-9,11H,4-7,10H2,1-3H3. The third kappa shape index (κ3) is 5.01. The topological polar surface area (TPSA) is 38.0 Å². The van der Waals surface area contributed by atoms with Crippen molar-refractivity contribution in [3.05, 3.63) is 0 Å². The lowest BCUT2D eigenvalue weighted by molar-refractivity contribution is 0.387. The maximum Gasteiger partial charge on any atom is 0.0303 e.